The summed E-state index contributed by atoms with van der Waals surface area (Å²) in [6.07, 6.45) is 0. The van der Waals surface area contributed by atoms with E-state index < -0.39 is 0 Å². The standard InChI is InChI=1S/C13H16BrN5O/c1-9-12(13(20)16-7-6-15-2)17-18-19(9)11-5-3-4-10(14)8-11/h3-5,8,15H,6-7H2,1-2H3,(H,16,20). The molecule has 0 aliphatic heterocycles. The summed E-state index contributed by atoms with van der Waals surface area (Å²) in [5, 5.41) is 13.8. The second kappa shape index (κ2) is 6.62. The van der Waals surface area contributed by atoms with Crippen LogP contribution in [0.15, 0.2) is 28.7 Å². The summed E-state index contributed by atoms with van der Waals surface area (Å²) in [6.45, 7) is 3.09. The van der Waals surface area contributed by atoms with Gasteiger partial charge < -0.3 is 10.6 Å². The van der Waals surface area contributed by atoms with Crippen LogP contribution >= 0.6 is 15.9 Å². The lowest BCUT2D eigenvalue weighted by Crippen LogP contribution is -2.31. The van der Waals surface area contributed by atoms with Crippen LogP contribution < -0.4 is 10.6 Å². The normalized spacial score (nSPS) is 10.6. The maximum Gasteiger partial charge on any atom is 0.273 e. The monoisotopic (exact) mass is 337 g/mol. The molecule has 2 rings (SSSR count). The SMILES string of the molecule is CNCCNC(=O)c1nnn(-c2cccc(Br)c2)c1C. The second-order valence-electron chi connectivity index (χ2n) is 4.27. The Labute approximate surface area is 125 Å². The number of nitrogens with zero attached hydrogens (tertiary/aromatic N) is 3. The molecule has 1 amide bonds. The number of hydrogen-bond acceptors (Lipinski definition) is 4. The van der Waals surface area contributed by atoms with E-state index in [2.05, 4.69) is 36.9 Å². The van der Waals surface area contributed by atoms with Gasteiger partial charge in [-0.1, -0.05) is 27.2 Å². The highest BCUT2D eigenvalue weighted by Crippen LogP contribution is 2.17. The van der Waals surface area contributed by atoms with Gasteiger partial charge in [0.05, 0.1) is 11.4 Å². The summed E-state index contributed by atoms with van der Waals surface area (Å²) < 4.78 is 2.60. The zero-order valence-corrected chi connectivity index (χ0v) is 12.9. The first-order valence-electron chi connectivity index (χ1n) is 6.24. The molecular formula is C13H16BrN5O. The van der Waals surface area contributed by atoms with E-state index in [-0.39, 0.29) is 5.91 Å². The molecule has 106 valence electrons. The van der Waals surface area contributed by atoms with Crippen LogP contribution in [0.2, 0.25) is 0 Å². The molecule has 1 aromatic carbocycles. The minimum atomic E-state index is -0.209. The molecule has 1 aromatic heterocycles. The fourth-order valence-electron chi connectivity index (χ4n) is 1.78. The van der Waals surface area contributed by atoms with Crippen LogP contribution in [0.5, 0.6) is 0 Å². The van der Waals surface area contributed by atoms with Gasteiger partial charge in [-0.25, -0.2) is 4.68 Å². The van der Waals surface area contributed by atoms with Crippen molar-refractivity contribution in [2.75, 3.05) is 20.1 Å². The number of benzene rings is 1. The topological polar surface area (TPSA) is 71.8 Å². The highest BCUT2D eigenvalue weighted by Gasteiger charge is 2.16. The minimum Gasteiger partial charge on any atom is -0.349 e. The van der Waals surface area contributed by atoms with Crippen molar-refractivity contribution in [2.45, 2.75) is 6.92 Å². The van der Waals surface area contributed by atoms with Crippen molar-refractivity contribution in [1.29, 1.82) is 0 Å². The van der Waals surface area contributed by atoms with Gasteiger partial charge in [-0.2, -0.15) is 0 Å². The first kappa shape index (κ1) is 14.7. The number of halogens is 1. The Bertz CT molecular complexity index is 611. The Hall–Kier alpha value is -1.73. The smallest absolute Gasteiger partial charge is 0.273 e. The number of rotatable bonds is 5. The predicted octanol–water partition coefficient (Wildman–Crippen LogP) is 1.29. The predicted molar refractivity (Wildman–Crippen MR) is 80.1 cm³/mol. The summed E-state index contributed by atoms with van der Waals surface area (Å²) in [5.41, 5.74) is 1.92. The lowest BCUT2D eigenvalue weighted by atomic mass is 10.3. The average molecular weight is 338 g/mol. The minimum absolute atomic E-state index is 0.209. The molecule has 1 heterocycles. The molecule has 0 aliphatic carbocycles. The molecule has 0 spiro atoms. The molecule has 0 fully saturated rings. The summed E-state index contributed by atoms with van der Waals surface area (Å²) in [4.78, 5) is 12.0. The van der Waals surface area contributed by atoms with Gasteiger partial charge >= 0.3 is 0 Å². The third-order valence-electron chi connectivity index (χ3n) is 2.82. The highest BCUT2D eigenvalue weighted by atomic mass is 79.9. The van der Waals surface area contributed by atoms with Crippen molar-refractivity contribution >= 4 is 21.8 Å². The first-order chi connectivity index (χ1) is 9.63. The lowest BCUT2D eigenvalue weighted by Gasteiger charge is -2.05. The van der Waals surface area contributed by atoms with E-state index in [0.29, 0.717) is 24.5 Å². The highest BCUT2D eigenvalue weighted by molar-refractivity contribution is 9.10. The van der Waals surface area contributed by atoms with Gasteiger partial charge in [-0.15, -0.1) is 5.10 Å². The van der Waals surface area contributed by atoms with Crippen LogP contribution in [-0.4, -0.2) is 41.0 Å². The molecule has 0 unspecified atom stereocenters. The maximum absolute atomic E-state index is 12.0. The van der Waals surface area contributed by atoms with Gasteiger partial charge in [-0.05, 0) is 32.2 Å². The Morgan fingerprint density at radius 1 is 1.40 bits per heavy atom. The summed E-state index contributed by atoms with van der Waals surface area (Å²) >= 11 is 3.41. The largest absolute Gasteiger partial charge is 0.349 e. The number of likely N-dealkylation sites (N-methyl/N-ethyl adjacent to an activating group) is 1. The van der Waals surface area contributed by atoms with E-state index >= 15 is 0 Å². The molecule has 7 heteroatoms. The van der Waals surface area contributed by atoms with Crippen LogP contribution in [-0.2, 0) is 0 Å². The fraction of sp³-hybridized carbons (Fsp3) is 0.308. The summed E-state index contributed by atoms with van der Waals surface area (Å²) in [6, 6.07) is 7.67. The Kier molecular flexibility index (Phi) is 4.86. The molecular weight excluding hydrogens is 322 g/mol. The number of nitrogens with one attached hydrogen (secondary N) is 2. The molecule has 0 saturated heterocycles. The molecule has 0 aliphatic rings. The Balaban J connectivity index is 2.21. The van der Waals surface area contributed by atoms with Crippen molar-refractivity contribution in [3.8, 4) is 5.69 Å². The van der Waals surface area contributed by atoms with Crippen LogP contribution in [0.3, 0.4) is 0 Å². The number of hydrogen-bond donors (Lipinski definition) is 2. The zero-order valence-electron chi connectivity index (χ0n) is 11.4. The van der Waals surface area contributed by atoms with Crippen LogP contribution in [0, 0.1) is 6.92 Å². The van der Waals surface area contributed by atoms with Gasteiger partial charge in [0.15, 0.2) is 5.69 Å². The fourth-order valence-corrected chi connectivity index (χ4v) is 2.16. The molecule has 2 N–H and O–H groups in total. The van der Waals surface area contributed by atoms with Crippen LogP contribution in [0.4, 0.5) is 0 Å². The first-order valence-corrected chi connectivity index (χ1v) is 7.04. The zero-order chi connectivity index (χ0) is 14.5. The van der Waals surface area contributed by atoms with Crippen molar-refractivity contribution in [2.24, 2.45) is 0 Å². The Morgan fingerprint density at radius 2 is 2.20 bits per heavy atom. The molecule has 0 saturated carbocycles. The summed E-state index contributed by atoms with van der Waals surface area (Å²) in [7, 11) is 1.83. The Morgan fingerprint density at radius 3 is 2.90 bits per heavy atom. The van der Waals surface area contributed by atoms with E-state index in [9.17, 15) is 4.79 Å². The second-order valence-corrected chi connectivity index (χ2v) is 5.19. The van der Waals surface area contributed by atoms with E-state index in [1.165, 1.54) is 0 Å². The molecule has 0 atom stereocenters. The van der Waals surface area contributed by atoms with Gasteiger partial charge in [0, 0.05) is 17.6 Å². The molecule has 6 nitrogen and oxygen atoms in total. The van der Waals surface area contributed by atoms with E-state index in [0.717, 1.165) is 10.2 Å². The van der Waals surface area contributed by atoms with Gasteiger partial charge in [0.2, 0.25) is 0 Å². The third-order valence-corrected chi connectivity index (χ3v) is 3.32. The quantitative estimate of drug-likeness (QED) is 0.806. The van der Waals surface area contributed by atoms with Crippen molar-refractivity contribution in [3.63, 3.8) is 0 Å². The maximum atomic E-state index is 12.0. The van der Waals surface area contributed by atoms with E-state index in [4.69, 9.17) is 0 Å². The molecule has 0 bridgehead atoms. The van der Waals surface area contributed by atoms with Crippen molar-refractivity contribution in [3.05, 3.63) is 40.1 Å². The van der Waals surface area contributed by atoms with Gasteiger partial charge in [0.1, 0.15) is 0 Å². The van der Waals surface area contributed by atoms with E-state index in [1.54, 1.807) is 4.68 Å². The third kappa shape index (κ3) is 3.23. The van der Waals surface area contributed by atoms with Crippen LogP contribution in [0.1, 0.15) is 16.2 Å². The van der Waals surface area contributed by atoms with Crippen molar-refractivity contribution in [1.82, 2.24) is 25.6 Å². The van der Waals surface area contributed by atoms with Crippen LogP contribution in [0.25, 0.3) is 5.69 Å². The van der Waals surface area contributed by atoms with Gasteiger partial charge in [-0.3, -0.25) is 4.79 Å². The molecule has 2 aromatic rings. The summed E-state index contributed by atoms with van der Waals surface area (Å²) in [5.74, 6) is -0.209. The molecule has 0 radical (unpaired) electrons. The number of carbonyl (C=O) groups is 1. The van der Waals surface area contributed by atoms with E-state index in [1.807, 2.05) is 38.2 Å². The number of amides is 1. The van der Waals surface area contributed by atoms with Gasteiger partial charge in [0.25, 0.3) is 5.91 Å². The lowest BCUT2D eigenvalue weighted by molar-refractivity contribution is 0.0948. The number of aromatic nitrogens is 3. The molecule has 20 heavy (non-hydrogen) atoms. The number of carbonyl (C=O) groups excluding carboxylic acids is 1. The van der Waals surface area contributed by atoms with Crippen molar-refractivity contribution < 1.29 is 4.79 Å². The average Bonchev–Trinajstić information content (AvgIpc) is 2.81.